The van der Waals surface area contributed by atoms with Gasteiger partial charge >= 0.3 is 0 Å². The summed E-state index contributed by atoms with van der Waals surface area (Å²) >= 11 is 0. The maximum absolute atomic E-state index is 13.7. The zero-order valence-electron chi connectivity index (χ0n) is 23.2. The molecule has 4 rings (SSSR count). The number of sulfonamides is 1. The van der Waals surface area contributed by atoms with Crippen LogP contribution in [0.4, 0.5) is 0 Å². The van der Waals surface area contributed by atoms with Gasteiger partial charge in [-0.3, -0.25) is 29.3 Å². The zero-order chi connectivity index (χ0) is 29.1. The lowest BCUT2D eigenvalue weighted by Gasteiger charge is -2.30. The van der Waals surface area contributed by atoms with Gasteiger partial charge in [-0.05, 0) is 58.3 Å². The summed E-state index contributed by atoms with van der Waals surface area (Å²) in [7, 11) is -2.35. The van der Waals surface area contributed by atoms with Crippen LogP contribution in [0, 0.1) is 11.3 Å². The molecule has 13 heteroatoms. The van der Waals surface area contributed by atoms with E-state index in [1.54, 1.807) is 14.0 Å². The Morgan fingerprint density at radius 1 is 1.20 bits per heavy atom. The molecule has 2 saturated carbocycles. The topological polar surface area (TPSA) is 178 Å². The Bertz CT molecular complexity index is 1230. The largest absolute Gasteiger partial charge is 0.339 e. The first-order chi connectivity index (χ1) is 18.9. The highest BCUT2D eigenvalue weighted by Gasteiger charge is 2.62. The van der Waals surface area contributed by atoms with Gasteiger partial charge in [-0.2, -0.15) is 0 Å². The Hall–Kier alpha value is -3.09. The van der Waals surface area contributed by atoms with Crippen LogP contribution in [0.5, 0.6) is 0 Å². The molecule has 0 aromatic rings. The maximum atomic E-state index is 13.7. The number of rotatable bonds is 7. The first-order valence-corrected chi connectivity index (χ1v) is 15.6. The number of carbonyl (C=O) groups excluding carboxylic acids is 4. The highest BCUT2D eigenvalue weighted by Crippen LogP contribution is 2.47. The summed E-state index contributed by atoms with van der Waals surface area (Å²) in [5.41, 5.74) is -1.61. The molecule has 0 bridgehead atoms. The van der Waals surface area contributed by atoms with Crippen molar-refractivity contribution >= 4 is 45.6 Å². The minimum atomic E-state index is -3.89. The number of aliphatic imine (C=N–C) groups is 1. The number of carbonyl (C=O) groups is 4. The van der Waals surface area contributed by atoms with Crippen LogP contribution in [0.15, 0.2) is 17.1 Å². The van der Waals surface area contributed by atoms with Gasteiger partial charge in [0.2, 0.25) is 21.8 Å². The smallest absolute Gasteiger partial charge is 0.265 e. The van der Waals surface area contributed by atoms with Gasteiger partial charge in [-0.15, -0.1) is 0 Å². The summed E-state index contributed by atoms with van der Waals surface area (Å²) < 4.78 is 26.8. The van der Waals surface area contributed by atoms with Crippen molar-refractivity contribution in [2.45, 2.75) is 99.9 Å². The minimum absolute atomic E-state index is 0.0461. The van der Waals surface area contributed by atoms with Gasteiger partial charge in [0.1, 0.15) is 23.3 Å². The van der Waals surface area contributed by atoms with E-state index in [0.717, 1.165) is 19.3 Å². The Balaban J connectivity index is 1.54. The SMILES string of the molecule is CN=CCC(=N)C(=O)NC1CCCCCC=CC2CC2(C(=O)NS(=O)(=O)C2(C)CC2)NC(=O)C2CCCN2C1=O. The maximum Gasteiger partial charge on any atom is 0.265 e. The molecule has 4 aliphatic rings. The van der Waals surface area contributed by atoms with Gasteiger partial charge in [0.15, 0.2) is 0 Å². The molecule has 0 radical (unpaired) electrons. The van der Waals surface area contributed by atoms with E-state index in [1.807, 2.05) is 12.2 Å². The second kappa shape index (κ2) is 11.8. The van der Waals surface area contributed by atoms with Crippen molar-refractivity contribution in [3.8, 4) is 0 Å². The standard InChI is InChI=1S/C27H40N6O6S/c1-26(13-14-26)40(38,39)32-25(37)27-17-18(27)9-6-4-3-5-7-10-20(30-22(34)19(28)12-15-29-2)24(36)33-16-8-11-21(33)23(35)31-27/h6,9,15,18,20-21,28H,3-5,7-8,10-14,16-17H2,1-2H3,(H,30,34)(H,31,35)(H,32,37). The van der Waals surface area contributed by atoms with Crippen LogP contribution in [-0.4, -0.2) is 84.8 Å². The number of hydrogen-bond donors (Lipinski definition) is 4. The van der Waals surface area contributed by atoms with Crippen LogP contribution >= 0.6 is 0 Å². The van der Waals surface area contributed by atoms with E-state index in [9.17, 15) is 27.6 Å². The third kappa shape index (κ3) is 6.29. The average Bonchev–Trinajstić information content (AvgIpc) is 3.77. The molecule has 220 valence electrons. The molecule has 2 aliphatic heterocycles. The van der Waals surface area contributed by atoms with Gasteiger partial charge < -0.3 is 20.5 Å². The molecule has 0 spiro atoms. The lowest BCUT2D eigenvalue weighted by molar-refractivity contribution is -0.142. The van der Waals surface area contributed by atoms with Crippen molar-refractivity contribution in [3.05, 3.63) is 12.2 Å². The van der Waals surface area contributed by atoms with Crippen molar-refractivity contribution < 1.29 is 27.6 Å². The first-order valence-electron chi connectivity index (χ1n) is 14.1. The van der Waals surface area contributed by atoms with E-state index in [-0.39, 0.29) is 24.5 Å². The number of nitrogens with one attached hydrogen (secondary N) is 4. The fourth-order valence-electron chi connectivity index (χ4n) is 5.40. The van der Waals surface area contributed by atoms with E-state index in [4.69, 9.17) is 5.41 Å². The predicted molar refractivity (Wildman–Crippen MR) is 149 cm³/mol. The Morgan fingerprint density at radius 3 is 2.65 bits per heavy atom. The molecule has 4 N–H and O–H groups in total. The Morgan fingerprint density at radius 2 is 1.95 bits per heavy atom. The van der Waals surface area contributed by atoms with Gasteiger partial charge in [0.05, 0.1) is 4.75 Å². The van der Waals surface area contributed by atoms with Crippen molar-refractivity contribution in [1.29, 1.82) is 5.41 Å². The minimum Gasteiger partial charge on any atom is -0.339 e. The second-order valence-corrected chi connectivity index (χ2v) is 13.8. The van der Waals surface area contributed by atoms with Crippen LogP contribution in [0.3, 0.4) is 0 Å². The fourth-order valence-corrected chi connectivity index (χ4v) is 6.71. The van der Waals surface area contributed by atoms with Gasteiger partial charge in [-0.25, -0.2) is 8.42 Å². The van der Waals surface area contributed by atoms with Crippen molar-refractivity contribution in [3.63, 3.8) is 0 Å². The van der Waals surface area contributed by atoms with Crippen LogP contribution in [0.25, 0.3) is 0 Å². The highest BCUT2D eigenvalue weighted by molar-refractivity contribution is 7.91. The molecular weight excluding hydrogens is 536 g/mol. The first kappa shape index (κ1) is 29.9. The van der Waals surface area contributed by atoms with Gasteiger partial charge in [0, 0.05) is 32.1 Å². The lowest BCUT2D eigenvalue weighted by Crippen LogP contribution is -2.58. The lowest BCUT2D eigenvalue weighted by atomic mass is 10.0. The van der Waals surface area contributed by atoms with Crippen LogP contribution in [-0.2, 0) is 29.2 Å². The molecule has 2 heterocycles. The van der Waals surface area contributed by atoms with Crippen molar-refractivity contribution in [1.82, 2.24) is 20.3 Å². The summed E-state index contributed by atoms with van der Waals surface area (Å²) in [4.78, 5) is 58.5. The Labute approximate surface area is 235 Å². The Kier molecular flexibility index (Phi) is 8.81. The van der Waals surface area contributed by atoms with Crippen LogP contribution in [0.2, 0.25) is 0 Å². The third-order valence-corrected chi connectivity index (χ3v) is 10.7. The number of nitrogens with zero attached hydrogens (tertiary/aromatic N) is 2. The molecule has 2 aliphatic carbocycles. The van der Waals surface area contributed by atoms with E-state index in [0.29, 0.717) is 45.1 Å². The molecular formula is C27H40N6O6S. The molecule has 4 amide bonds. The molecule has 0 aromatic heterocycles. The van der Waals surface area contributed by atoms with Crippen LogP contribution in [0.1, 0.15) is 77.6 Å². The molecule has 3 fully saturated rings. The van der Waals surface area contributed by atoms with Gasteiger partial charge in [-0.1, -0.05) is 25.0 Å². The fraction of sp³-hybridized carbons (Fsp3) is 0.704. The van der Waals surface area contributed by atoms with Crippen LogP contribution < -0.4 is 15.4 Å². The quantitative estimate of drug-likeness (QED) is 0.259. The number of hydrogen-bond acceptors (Lipinski definition) is 8. The van der Waals surface area contributed by atoms with Crippen molar-refractivity contribution in [2.24, 2.45) is 10.9 Å². The van der Waals surface area contributed by atoms with E-state index in [1.165, 1.54) is 11.1 Å². The highest BCUT2D eigenvalue weighted by atomic mass is 32.2. The predicted octanol–water partition coefficient (Wildman–Crippen LogP) is 0.966. The normalized spacial score (nSPS) is 30.4. The second-order valence-electron chi connectivity index (χ2n) is 11.6. The molecule has 4 unspecified atom stereocenters. The van der Waals surface area contributed by atoms with Gasteiger partial charge in [0.25, 0.3) is 11.8 Å². The van der Waals surface area contributed by atoms with E-state index in [2.05, 4.69) is 20.3 Å². The average molecular weight is 577 g/mol. The van der Waals surface area contributed by atoms with E-state index < -0.39 is 56.0 Å². The molecule has 1 saturated heterocycles. The number of allylic oxidation sites excluding steroid dienone is 1. The van der Waals surface area contributed by atoms with E-state index >= 15 is 0 Å². The molecule has 40 heavy (non-hydrogen) atoms. The monoisotopic (exact) mass is 576 g/mol. The number of fused-ring (bicyclic) bond motifs is 2. The molecule has 12 nitrogen and oxygen atoms in total. The summed E-state index contributed by atoms with van der Waals surface area (Å²) in [6.45, 7) is 1.91. The third-order valence-electron chi connectivity index (χ3n) is 8.52. The van der Waals surface area contributed by atoms with Crippen molar-refractivity contribution in [2.75, 3.05) is 13.6 Å². The summed E-state index contributed by atoms with van der Waals surface area (Å²) in [5.74, 6) is -2.66. The molecule has 4 atom stereocenters. The molecule has 0 aromatic carbocycles. The summed E-state index contributed by atoms with van der Waals surface area (Å²) in [6.07, 6.45) is 10.9. The summed E-state index contributed by atoms with van der Waals surface area (Å²) in [5, 5.41) is 13.5. The summed E-state index contributed by atoms with van der Waals surface area (Å²) in [6, 6.07) is -1.74. The zero-order valence-corrected chi connectivity index (χ0v) is 24.0. The number of amides is 4.